The molecule has 0 aliphatic heterocycles. The molecule has 1 fully saturated rings. The minimum absolute atomic E-state index is 0.154. The van der Waals surface area contributed by atoms with E-state index in [1.54, 1.807) is 18.2 Å². The van der Waals surface area contributed by atoms with Gasteiger partial charge in [0.25, 0.3) is 5.76 Å². The van der Waals surface area contributed by atoms with Gasteiger partial charge in [0.15, 0.2) is 5.75 Å². The van der Waals surface area contributed by atoms with Gasteiger partial charge >= 0.3 is 5.97 Å². The lowest BCUT2D eigenvalue weighted by molar-refractivity contribution is 0.0658. The Morgan fingerprint density at radius 1 is 1.38 bits per heavy atom. The molecule has 0 amide bonds. The fourth-order valence-electron chi connectivity index (χ4n) is 2.96. The predicted octanol–water partition coefficient (Wildman–Crippen LogP) is 4.74. The fourth-order valence-corrected chi connectivity index (χ4v) is 3.13. The zero-order valence-corrected chi connectivity index (χ0v) is 12.4. The molecular weight excluding hydrogens is 292 g/mol. The first-order valence-electron chi connectivity index (χ1n) is 7.23. The summed E-state index contributed by atoms with van der Waals surface area (Å²) in [4.78, 5) is 11.3. The van der Waals surface area contributed by atoms with Crippen LogP contribution in [0.4, 0.5) is 0 Å². The third-order valence-corrected chi connectivity index (χ3v) is 4.28. The SMILES string of the molecule is O=C(O)c1oc2ccc(Cl)cc2c1OCCC1CCCC1. The van der Waals surface area contributed by atoms with Crippen LogP contribution in [0.15, 0.2) is 22.6 Å². The average molecular weight is 309 g/mol. The molecule has 1 aromatic carbocycles. The summed E-state index contributed by atoms with van der Waals surface area (Å²) in [5.74, 6) is -0.296. The molecule has 112 valence electrons. The van der Waals surface area contributed by atoms with Crippen LogP contribution in [0.3, 0.4) is 0 Å². The van der Waals surface area contributed by atoms with E-state index in [-0.39, 0.29) is 11.5 Å². The zero-order chi connectivity index (χ0) is 14.8. The van der Waals surface area contributed by atoms with Crippen LogP contribution in [0.5, 0.6) is 5.75 Å². The highest BCUT2D eigenvalue weighted by Crippen LogP contribution is 2.35. The summed E-state index contributed by atoms with van der Waals surface area (Å²) in [7, 11) is 0. The number of aromatic carboxylic acids is 1. The lowest BCUT2D eigenvalue weighted by atomic mass is 10.1. The number of carbonyl (C=O) groups is 1. The summed E-state index contributed by atoms with van der Waals surface area (Å²) >= 11 is 5.97. The van der Waals surface area contributed by atoms with Crippen LogP contribution in [0.2, 0.25) is 5.02 Å². The fraction of sp³-hybridized carbons (Fsp3) is 0.438. The largest absolute Gasteiger partial charge is 0.489 e. The molecule has 1 aliphatic rings. The van der Waals surface area contributed by atoms with Crippen molar-refractivity contribution in [2.75, 3.05) is 6.61 Å². The van der Waals surface area contributed by atoms with Gasteiger partial charge in [-0.15, -0.1) is 0 Å². The molecule has 0 saturated heterocycles. The monoisotopic (exact) mass is 308 g/mol. The number of hydrogen-bond acceptors (Lipinski definition) is 3. The van der Waals surface area contributed by atoms with E-state index in [0.29, 0.717) is 28.5 Å². The van der Waals surface area contributed by atoms with Gasteiger partial charge in [-0.05, 0) is 30.5 Å². The second-order valence-corrected chi connectivity index (χ2v) is 5.93. The van der Waals surface area contributed by atoms with Crippen molar-refractivity contribution in [2.45, 2.75) is 32.1 Å². The maximum atomic E-state index is 11.3. The second kappa shape index (κ2) is 5.98. The van der Waals surface area contributed by atoms with E-state index in [1.807, 2.05) is 0 Å². The number of furan rings is 1. The Morgan fingerprint density at radius 3 is 2.86 bits per heavy atom. The molecule has 1 heterocycles. The summed E-state index contributed by atoms with van der Waals surface area (Å²) in [6.07, 6.45) is 6.01. The minimum atomic E-state index is -1.13. The van der Waals surface area contributed by atoms with Gasteiger partial charge in [-0.2, -0.15) is 0 Å². The number of carboxylic acids is 1. The molecule has 0 bridgehead atoms. The Labute approximate surface area is 127 Å². The third-order valence-electron chi connectivity index (χ3n) is 4.05. The molecule has 1 saturated carbocycles. The molecule has 2 aromatic rings. The number of benzene rings is 1. The first-order chi connectivity index (χ1) is 10.1. The van der Waals surface area contributed by atoms with Crippen molar-refractivity contribution in [3.63, 3.8) is 0 Å². The maximum absolute atomic E-state index is 11.3. The summed E-state index contributed by atoms with van der Waals surface area (Å²) in [6, 6.07) is 5.01. The van der Waals surface area contributed by atoms with Crippen molar-refractivity contribution >= 4 is 28.5 Å². The van der Waals surface area contributed by atoms with Gasteiger partial charge in [0.2, 0.25) is 0 Å². The molecule has 3 rings (SSSR count). The van der Waals surface area contributed by atoms with Crippen molar-refractivity contribution in [3.8, 4) is 5.75 Å². The van der Waals surface area contributed by atoms with Gasteiger partial charge in [-0.3, -0.25) is 0 Å². The highest BCUT2D eigenvalue weighted by molar-refractivity contribution is 6.31. The first-order valence-corrected chi connectivity index (χ1v) is 7.61. The highest BCUT2D eigenvalue weighted by Gasteiger charge is 2.22. The third kappa shape index (κ3) is 3.00. The summed E-state index contributed by atoms with van der Waals surface area (Å²) in [5, 5.41) is 10.4. The molecule has 21 heavy (non-hydrogen) atoms. The van der Waals surface area contributed by atoms with Gasteiger partial charge < -0.3 is 14.3 Å². The van der Waals surface area contributed by atoms with E-state index in [0.717, 1.165) is 6.42 Å². The molecule has 1 aliphatic carbocycles. The van der Waals surface area contributed by atoms with Gasteiger partial charge in [-0.25, -0.2) is 4.79 Å². The number of rotatable bonds is 5. The Kier molecular flexibility index (Phi) is 4.06. The van der Waals surface area contributed by atoms with Gasteiger partial charge in [0, 0.05) is 5.02 Å². The first kappa shape index (κ1) is 14.3. The number of fused-ring (bicyclic) bond motifs is 1. The standard InChI is InChI=1S/C16H17ClO4/c17-11-5-6-13-12(9-11)14(15(21-13)16(18)19)20-8-7-10-3-1-2-4-10/h5-6,9-10H,1-4,7-8H2,(H,18,19). The molecule has 0 unspecified atom stereocenters. The molecule has 5 heteroatoms. The lowest BCUT2D eigenvalue weighted by Crippen LogP contribution is -2.06. The van der Waals surface area contributed by atoms with E-state index in [2.05, 4.69) is 0 Å². The van der Waals surface area contributed by atoms with Crippen LogP contribution >= 0.6 is 11.6 Å². The van der Waals surface area contributed by atoms with Crippen molar-refractivity contribution in [1.29, 1.82) is 0 Å². The normalized spacial score (nSPS) is 15.7. The summed E-state index contributed by atoms with van der Waals surface area (Å²) in [6.45, 7) is 0.506. The number of ether oxygens (including phenoxy) is 1. The molecule has 4 nitrogen and oxygen atoms in total. The smallest absolute Gasteiger partial charge is 0.375 e. The van der Waals surface area contributed by atoms with Gasteiger partial charge in [-0.1, -0.05) is 37.3 Å². The van der Waals surface area contributed by atoms with Crippen LogP contribution in [0, 0.1) is 5.92 Å². The van der Waals surface area contributed by atoms with Crippen LogP contribution in [-0.2, 0) is 0 Å². The summed E-state index contributed by atoms with van der Waals surface area (Å²) < 4.78 is 11.1. The van der Waals surface area contributed by atoms with Gasteiger partial charge in [0.1, 0.15) is 5.58 Å². The van der Waals surface area contributed by atoms with Crippen molar-refractivity contribution in [2.24, 2.45) is 5.92 Å². The summed E-state index contributed by atoms with van der Waals surface area (Å²) in [5.41, 5.74) is 0.479. The highest BCUT2D eigenvalue weighted by atomic mass is 35.5. The molecular formula is C16H17ClO4. The second-order valence-electron chi connectivity index (χ2n) is 5.49. The molecule has 0 atom stereocenters. The van der Waals surface area contributed by atoms with Crippen molar-refractivity contribution < 1.29 is 19.1 Å². The minimum Gasteiger partial charge on any atom is -0.489 e. The van der Waals surface area contributed by atoms with E-state index < -0.39 is 5.97 Å². The van der Waals surface area contributed by atoms with Crippen LogP contribution in [0.1, 0.15) is 42.7 Å². The number of hydrogen-bond donors (Lipinski definition) is 1. The van der Waals surface area contributed by atoms with Crippen molar-refractivity contribution in [1.82, 2.24) is 0 Å². The molecule has 0 radical (unpaired) electrons. The molecule has 1 aromatic heterocycles. The Balaban J connectivity index is 1.82. The topological polar surface area (TPSA) is 59.7 Å². The van der Waals surface area contributed by atoms with E-state index in [9.17, 15) is 9.90 Å². The van der Waals surface area contributed by atoms with E-state index in [1.165, 1.54) is 25.7 Å². The Bertz CT molecular complexity index is 656. The lowest BCUT2D eigenvalue weighted by Gasteiger charge is -2.10. The number of halogens is 1. The molecule has 0 spiro atoms. The Hall–Kier alpha value is -1.68. The van der Waals surface area contributed by atoms with Crippen LogP contribution in [0.25, 0.3) is 11.0 Å². The van der Waals surface area contributed by atoms with Crippen LogP contribution < -0.4 is 4.74 Å². The average Bonchev–Trinajstić information content (AvgIpc) is 3.07. The van der Waals surface area contributed by atoms with E-state index in [4.69, 9.17) is 20.8 Å². The van der Waals surface area contributed by atoms with Crippen molar-refractivity contribution in [3.05, 3.63) is 29.0 Å². The molecule has 1 N–H and O–H groups in total. The number of carboxylic acid groups (broad SMARTS) is 1. The quantitative estimate of drug-likeness (QED) is 0.866. The zero-order valence-electron chi connectivity index (χ0n) is 11.6. The van der Waals surface area contributed by atoms with Gasteiger partial charge in [0.05, 0.1) is 12.0 Å². The Morgan fingerprint density at radius 2 is 2.14 bits per heavy atom. The maximum Gasteiger partial charge on any atom is 0.375 e. The van der Waals surface area contributed by atoms with Crippen LogP contribution in [-0.4, -0.2) is 17.7 Å². The predicted molar refractivity (Wildman–Crippen MR) is 80.3 cm³/mol. The van der Waals surface area contributed by atoms with E-state index >= 15 is 0 Å².